The van der Waals surface area contributed by atoms with Crippen LogP contribution in [0, 0.1) is 5.82 Å². The number of nitrogens with zero attached hydrogens (tertiary/aromatic N) is 5. The molecule has 0 saturated heterocycles. The van der Waals surface area contributed by atoms with Crippen LogP contribution in [0.15, 0.2) is 41.9 Å². The second-order valence-corrected chi connectivity index (χ2v) is 8.52. The van der Waals surface area contributed by atoms with Gasteiger partial charge in [0.2, 0.25) is 5.91 Å². The van der Waals surface area contributed by atoms with E-state index in [1.54, 1.807) is 28.9 Å². The summed E-state index contributed by atoms with van der Waals surface area (Å²) in [6.07, 6.45) is 5.75. The van der Waals surface area contributed by atoms with Crippen molar-refractivity contribution in [2.45, 2.75) is 44.4 Å². The number of carbonyl (C=O) groups is 2. The minimum Gasteiger partial charge on any atom is -0.367 e. The fourth-order valence-electron chi connectivity index (χ4n) is 4.52. The van der Waals surface area contributed by atoms with E-state index >= 15 is 0 Å². The minimum atomic E-state index is -1.30. The number of aliphatic hydroxyl groups is 1. The van der Waals surface area contributed by atoms with Crippen molar-refractivity contribution in [3.05, 3.63) is 47.7 Å². The highest BCUT2D eigenvalue weighted by atomic mass is 19.1. The molecular weight excluding hydrogens is 415 g/mol. The average Bonchev–Trinajstić information content (AvgIpc) is 3.55. The van der Waals surface area contributed by atoms with E-state index in [1.807, 2.05) is 0 Å². The standard InChI is InChI=1S/C22H23FN6O3/c1-22(32)16-3-2-8-28(20(16)21(31)29(22)15-4-5-15)12-19(30)25-18-7-6-17(26-27-18)13-9-14(23)11-24-10-13/h6-7,9-11,15,32H,2-5,8,12H2,1H3,(H,25,27,30). The number of pyridine rings is 1. The Morgan fingerprint density at radius 1 is 1.31 bits per heavy atom. The summed E-state index contributed by atoms with van der Waals surface area (Å²) in [7, 11) is 0. The van der Waals surface area contributed by atoms with Crippen LogP contribution in [0.25, 0.3) is 11.3 Å². The van der Waals surface area contributed by atoms with Gasteiger partial charge in [-0.15, -0.1) is 10.2 Å². The lowest BCUT2D eigenvalue weighted by molar-refractivity contribution is -0.142. The van der Waals surface area contributed by atoms with E-state index in [-0.39, 0.29) is 30.2 Å². The van der Waals surface area contributed by atoms with Crippen molar-refractivity contribution in [1.29, 1.82) is 0 Å². The number of hydrogen-bond donors (Lipinski definition) is 2. The number of amides is 2. The Morgan fingerprint density at radius 3 is 2.81 bits per heavy atom. The third kappa shape index (κ3) is 3.60. The second kappa shape index (κ2) is 7.63. The fraction of sp³-hybridized carbons (Fsp3) is 0.409. The van der Waals surface area contributed by atoms with Crippen molar-refractivity contribution in [3.63, 3.8) is 0 Å². The summed E-state index contributed by atoms with van der Waals surface area (Å²) in [6, 6.07) is 4.56. The third-order valence-electron chi connectivity index (χ3n) is 6.10. The fourth-order valence-corrected chi connectivity index (χ4v) is 4.52. The van der Waals surface area contributed by atoms with Crippen molar-refractivity contribution in [2.24, 2.45) is 0 Å². The number of carbonyl (C=O) groups excluding carboxylic acids is 2. The molecule has 1 fully saturated rings. The molecule has 1 saturated carbocycles. The van der Waals surface area contributed by atoms with Crippen LogP contribution in [0.3, 0.4) is 0 Å². The number of rotatable bonds is 5. The molecule has 2 aliphatic heterocycles. The molecule has 1 atom stereocenters. The number of halogens is 1. The second-order valence-electron chi connectivity index (χ2n) is 8.52. The van der Waals surface area contributed by atoms with E-state index in [9.17, 15) is 19.1 Å². The lowest BCUT2D eigenvalue weighted by Crippen LogP contribution is -2.47. The van der Waals surface area contributed by atoms with Gasteiger partial charge >= 0.3 is 0 Å². The van der Waals surface area contributed by atoms with Crippen LogP contribution in [-0.4, -0.2) is 66.8 Å². The monoisotopic (exact) mass is 438 g/mol. The molecule has 32 heavy (non-hydrogen) atoms. The first-order valence-corrected chi connectivity index (χ1v) is 10.6. The molecule has 2 N–H and O–H groups in total. The Labute approximate surface area is 184 Å². The van der Waals surface area contributed by atoms with Gasteiger partial charge in [-0.25, -0.2) is 4.39 Å². The van der Waals surface area contributed by atoms with Crippen LogP contribution in [0.5, 0.6) is 0 Å². The van der Waals surface area contributed by atoms with Gasteiger partial charge in [0.1, 0.15) is 11.5 Å². The quantitative estimate of drug-likeness (QED) is 0.731. The molecule has 10 heteroatoms. The lowest BCUT2D eigenvalue weighted by Gasteiger charge is -2.33. The molecule has 1 aliphatic carbocycles. The number of aromatic nitrogens is 3. The van der Waals surface area contributed by atoms with Gasteiger partial charge in [-0.3, -0.25) is 14.6 Å². The molecule has 2 aromatic rings. The maximum absolute atomic E-state index is 13.3. The zero-order valence-corrected chi connectivity index (χ0v) is 17.6. The van der Waals surface area contributed by atoms with Crippen LogP contribution in [0.2, 0.25) is 0 Å². The summed E-state index contributed by atoms with van der Waals surface area (Å²) in [4.78, 5) is 32.8. The van der Waals surface area contributed by atoms with Crippen LogP contribution in [0.4, 0.5) is 10.2 Å². The molecular formula is C22H23FN6O3. The minimum absolute atomic E-state index is 0.0313. The smallest absolute Gasteiger partial charge is 0.273 e. The maximum Gasteiger partial charge on any atom is 0.273 e. The lowest BCUT2D eigenvalue weighted by atomic mass is 9.96. The molecule has 9 nitrogen and oxygen atoms in total. The predicted octanol–water partition coefficient (Wildman–Crippen LogP) is 1.68. The Bertz CT molecular complexity index is 1110. The molecule has 0 radical (unpaired) electrons. The van der Waals surface area contributed by atoms with Crippen molar-refractivity contribution in [2.75, 3.05) is 18.4 Å². The first-order valence-electron chi connectivity index (χ1n) is 10.6. The highest BCUT2D eigenvalue weighted by Crippen LogP contribution is 2.45. The van der Waals surface area contributed by atoms with Gasteiger partial charge < -0.3 is 20.2 Å². The third-order valence-corrected chi connectivity index (χ3v) is 6.10. The van der Waals surface area contributed by atoms with Gasteiger partial charge in [0, 0.05) is 29.9 Å². The van der Waals surface area contributed by atoms with E-state index < -0.39 is 11.5 Å². The van der Waals surface area contributed by atoms with Gasteiger partial charge in [0.05, 0.1) is 18.4 Å². The van der Waals surface area contributed by atoms with E-state index in [2.05, 4.69) is 20.5 Å². The SMILES string of the molecule is CC1(O)C2=C(C(=O)N1C1CC1)N(CC(=O)Nc1ccc(-c3cncc(F)c3)nn1)CCC2. The molecule has 0 bridgehead atoms. The summed E-state index contributed by atoms with van der Waals surface area (Å²) >= 11 is 0. The molecule has 0 spiro atoms. The first-order chi connectivity index (χ1) is 15.3. The van der Waals surface area contributed by atoms with E-state index in [0.717, 1.165) is 25.5 Å². The molecule has 1 unspecified atom stereocenters. The molecule has 5 rings (SSSR count). The maximum atomic E-state index is 13.3. The average molecular weight is 438 g/mol. The van der Waals surface area contributed by atoms with Gasteiger partial charge in [0.15, 0.2) is 11.5 Å². The molecule has 2 amide bonds. The van der Waals surface area contributed by atoms with Crippen molar-refractivity contribution in [3.8, 4) is 11.3 Å². The summed E-state index contributed by atoms with van der Waals surface area (Å²) in [5.41, 5.74) is 0.759. The molecule has 4 heterocycles. The topological polar surface area (TPSA) is 112 Å². The zero-order chi connectivity index (χ0) is 22.5. The van der Waals surface area contributed by atoms with Crippen molar-refractivity contribution >= 4 is 17.6 Å². The number of nitrogens with one attached hydrogen (secondary N) is 1. The Morgan fingerprint density at radius 2 is 2.12 bits per heavy atom. The van der Waals surface area contributed by atoms with Gasteiger partial charge in [0.25, 0.3) is 5.91 Å². The van der Waals surface area contributed by atoms with E-state index in [4.69, 9.17) is 0 Å². The predicted molar refractivity (Wildman–Crippen MR) is 112 cm³/mol. The van der Waals surface area contributed by atoms with Crippen LogP contribution in [-0.2, 0) is 9.59 Å². The summed E-state index contributed by atoms with van der Waals surface area (Å²) in [6.45, 7) is 2.20. The van der Waals surface area contributed by atoms with Crippen LogP contribution in [0.1, 0.15) is 32.6 Å². The normalized spacial score (nSPS) is 22.9. The summed E-state index contributed by atoms with van der Waals surface area (Å²) < 4.78 is 13.3. The summed E-state index contributed by atoms with van der Waals surface area (Å²) in [5.74, 6) is -0.769. The first kappa shape index (κ1) is 20.5. The number of hydrogen-bond acceptors (Lipinski definition) is 7. The van der Waals surface area contributed by atoms with Crippen LogP contribution >= 0.6 is 0 Å². The van der Waals surface area contributed by atoms with Gasteiger partial charge in [-0.05, 0) is 50.8 Å². The Hall–Kier alpha value is -3.40. The van der Waals surface area contributed by atoms with Crippen molar-refractivity contribution in [1.82, 2.24) is 25.0 Å². The van der Waals surface area contributed by atoms with E-state index in [0.29, 0.717) is 35.5 Å². The molecule has 0 aromatic carbocycles. The van der Waals surface area contributed by atoms with Gasteiger partial charge in [-0.1, -0.05) is 0 Å². The molecule has 166 valence electrons. The highest BCUT2D eigenvalue weighted by Gasteiger charge is 2.54. The molecule has 2 aromatic heterocycles. The largest absolute Gasteiger partial charge is 0.367 e. The number of anilines is 1. The molecule has 3 aliphatic rings. The zero-order valence-electron chi connectivity index (χ0n) is 17.6. The Balaban J connectivity index is 1.28. The van der Waals surface area contributed by atoms with Crippen molar-refractivity contribution < 1.29 is 19.1 Å². The van der Waals surface area contributed by atoms with Crippen LogP contribution < -0.4 is 5.32 Å². The van der Waals surface area contributed by atoms with Gasteiger partial charge in [-0.2, -0.15) is 0 Å². The highest BCUT2D eigenvalue weighted by molar-refractivity contribution is 5.99. The van der Waals surface area contributed by atoms with E-state index in [1.165, 1.54) is 12.3 Å². The Kier molecular flexibility index (Phi) is 4.89. The summed E-state index contributed by atoms with van der Waals surface area (Å²) in [5, 5.41) is 21.7.